The van der Waals surface area contributed by atoms with Crippen LogP contribution in [0.1, 0.15) is 30.5 Å². The van der Waals surface area contributed by atoms with Crippen molar-refractivity contribution in [2.45, 2.75) is 40.3 Å². The van der Waals surface area contributed by atoms with E-state index in [1.54, 1.807) is 6.07 Å². The second kappa shape index (κ2) is 6.19. The number of hydrogen-bond acceptors (Lipinski definition) is 1. The molecule has 0 bridgehead atoms. The van der Waals surface area contributed by atoms with E-state index in [0.717, 1.165) is 17.7 Å². The highest BCUT2D eigenvalue weighted by Gasteiger charge is 2.07. The fraction of sp³-hybridized carbons (Fsp3) is 0.333. The first-order chi connectivity index (χ1) is 9.47. The Labute approximate surface area is 120 Å². The Morgan fingerprint density at radius 3 is 2.10 bits per heavy atom. The first-order valence-corrected chi connectivity index (χ1v) is 7.07. The van der Waals surface area contributed by atoms with Crippen LogP contribution in [0.5, 0.6) is 0 Å². The minimum atomic E-state index is -0.179. The fourth-order valence-corrected chi connectivity index (χ4v) is 2.39. The highest BCUT2D eigenvalue weighted by atomic mass is 19.1. The van der Waals surface area contributed by atoms with Gasteiger partial charge in [-0.05, 0) is 53.8 Å². The molecule has 0 aliphatic carbocycles. The highest BCUT2D eigenvalue weighted by molar-refractivity contribution is 5.70. The van der Waals surface area contributed by atoms with E-state index in [4.69, 9.17) is 0 Å². The maximum atomic E-state index is 13.2. The molecule has 0 aliphatic rings. The van der Waals surface area contributed by atoms with Crippen LogP contribution in [0.3, 0.4) is 0 Å². The summed E-state index contributed by atoms with van der Waals surface area (Å²) in [5.41, 5.74) is 5.76. The zero-order chi connectivity index (χ0) is 14.7. The monoisotopic (exact) mass is 271 g/mol. The Kier molecular flexibility index (Phi) is 4.56. The van der Waals surface area contributed by atoms with E-state index in [-0.39, 0.29) is 5.82 Å². The van der Waals surface area contributed by atoms with Crippen LogP contribution >= 0.6 is 0 Å². The van der Waals surface area contributed by atoms with Gasteiger partial charge in [-0.25, -0.2) is 4.39 Å². The van der Waals surface area contributed by atoms with Crippen molar-refractivity contribution >= 4 is 0 Å². The fourth-order valence-electron chi connectivity index (χ4n) is 2.39. The molecule has 0 fully saturated rings. The summed E-state index contributed by atoms with van der Waals surface area (Å²) in [6.45, 7) is 9.22. The summed E-state index contributed by atoms with van der Waals surface area (Å²) in [6.07, 6.45) is 0. The third kappa shape index (κ3) is 3.45. The lowest BCUT2D eigenvalue weighted by atomic mass is 9.95. The molecule has 0 spiro atoms. The van der Waals surface area contributed by atoms with E-state index in [2.05, 4.69) is 44.3 Å². The summed E-state index contributed by atoms with van der Waals surface area (Å²) >= 11 is 0. The first-order valence-electron chi connectivity index (χ1n) is 7.07. The van der Waals surface area contributed by atoms with Crippen LogP contribution in [0.25, 0.3) is 11.1 Å². The van der Waals surface area contributed by atoms with E-state index < -0.39 is 0 Å². The number of nitrogens with one attached hydrogen (secondary N) is 1. The summed E-state index contributed by atoms with van der Waals surface area (Å²) in [5, 5.41) is 3.42. The van der Waals surface area contributed by atoms with Gasteiger partial charge < -0.3 is 5.32 Å². The molecule has 0 saturated carbocycles. The molecular weight excluding hydrogens is 249 g/mol. The molecule has 0 amide bonds. The van der Waals surface area contributed by atoms with Gasteiger partial charge in [-0.2, -0.15) is 0 Å². The van der Waals surface area contributed by atoms with Crippen LogP contribution in [0.2, 0.25) is 0 Å². The van der Waals surface area contributed by atoms with E-state index in [0.29, 0.717) is 6.04 Å². The standard InChI is InChI=1S/C18H22FN/c1-12(2)20-11-15-5-7-17(13(3)9-15)18-8-6-16(19)10-14(18)4/h5-10,12,20H,11H2,1-4H3. The maximum Gasteiger partial charge on any atom is 0.123 e. The largest absolute Gasteiger partial charge is 0.310 e. The molecule has 0 atom stereocenters. The predicted octanol–water partition coefficient (Wildman–Crippen LogP) is 4.61. The SMILES string of the molecule is Cc1cc(F)ccc1-c1ccc(CNC(C)C)cc1C. The normalized spacial score (nSPS) is 11.1. The summed E-state index contributed by atoms with van der Waals surface area (Å²) in [6, 6.07) is 11.9. The predicted molar refractivity (Wildman–Crippen MR) is 83.3 cm³/mol. The van der Waals surface area contributed by atoms with E-state index in [1.165, 1.54) is 22.8 Å². The van der Waals surface area contributed by atoms with Crippen LogP contribution in [0.15, 0.2) is 36.4 Å². The van der Waals surface area contributed by atoms with Gasteiger partial charge in [0.2, 0.25) is 0 Å². The highest BCUT2D eigenvalue weighted by Crippen LogP contribution is 2.27. The van der Waals surface area contributed by atoms with Gasteiger partial charge in [-0.15, -0.1) is 0 Å². The molecule has 2 rings (SSSR count). The molecule has 0 unspecified atom stereocenters. The van der Waals surface area contributed by atoms with Crippen molar-refractivity contribution in [2.24, 2.45) is 0 Å². The first kappa shape index (κ1) is 14.7. The molecule has 106 valence electrons. The second-order valence-electron chi connectivity index (χ2n) is 5.64. The molecule has 2 aromatic carbocycles. The maximum absolute atomic E-state index is 13.2. The van der Waals surface area contributed by atoms with Crippen LogP contribution in [-0.4, -0.2) is 6.04 Å². The smallest absolute Gasteiger partial charge is 0.123 e. The lowest BCUT2D eigenvalue weighted by molar-refractivity contribution is 0.589. The van der Waals surface area contributed by atoms with Gasteiger partial charge in [0, 0.05) is 12.6 Å². The van der Waals surface area contributed by atoms with Gasteiger partial charge in [0.05, 0.1) is 0 Å². The molecular formula is C18H22FN. The Balaban J connectivity index is 2.29. The molecule has 2 heteroatoms. The van der Waals surface area contributed by atoms with Crippen molar-refractivity contribution in [3.63, 3.8) is 0 Å². The van der Waals surface area contributed by atoms with Crippen LogP contribution in [0.4, 0.5) is 4.39 Å². The summed E-state index contributed by atoms with van der Waals surface area (Å²) in [7, 11) is 0. The minimum Gasteiger partial charge on any atom is -0.310 e. The number of rotatable bonds is 4. The van der Waals surface area contributed by atoms with Gasteiger partial charge in [0.15, 0.2) is 0 Å². The molecule has 0 heterocycles. The average molecular weight is 271 g/mol. The van der Waals surface area contributed by atoms with Crippen molar-refractivity contribution < 1.29 is 4.39 Å². The topological polar surface area (TPSA) is 12.0 Å². The number of aryl methyl sites for hydroxylation is 2. The van der Waals surface area contributed by atoms with E-state index >= 15 is 0 Å². The number of benzene rings is 2. The average Bonchev–Trinajstić information content (AvgIpc) is 2.37. The van der Waals surface area contributed by atoms with Gasteiger partial charge in [0.25, 0.3) is 0 Å². The molecule has 1 nitrogen and oxygen atoms in total. The zero-order valence-electron chi connectivity index (χ0n) is 12.6. The van der Waals surface area contributed by atoms with Crippen molar-refractivity contribution in [1.82, 2.24) is 5.32 Å². The lowest BCUT2D eigenvalue weighted by Gasteiger charge is -2.13. The van der Waals surface area contributed by atoms with Crippen molar-refractivity contribution in [2.75, 3.05) is 0 Å². The molecule has 0 aliphatic heterocycles. The van der Waals surface area contributed by atoms with Crippen LogP contribution in [0, 0.1) is 19.7 Å². The lowest BCUT2D eigenvalue weighted by Crippen LogP contribution is -2.21. The molecule has 1 N–H and O–H groups in total. The Morgan fingerprint density at radius 2 is 1.55 bits per heavy atom. The third-order valence-corrected chi connectivity index (χ3v) is 3.48. The summed E-state index contributed by atoms with van der Waals surface area (Å²) in [5.74, 6) is -0.179. The van der Waals surface area contributed by atoms with E-state index in [1.807, 2.05) is 13.0 Å². The number of hydrogen-bond donors (Lipinski definition) is 1. The quantitative estimate of drug-likeness (QED) is 0.856. The molecule has 0 saturated heterocycles. The van der Waals surface area contributed by atoms with Gasteiger partial charge in [-0.3, -0.25) is 0 Å². The minimum absolute atomic E-state index is 0.179. The van der Waals surface area contributed by atoms with Gasteiger partial charge in [-0.1, -0.05) is 38.1 Å². The second-order valence-corrected chi connectivity index (χ2v) is 5.64. The van der Waals surface area contributed by atoms with Crippen molar-refractivity contribution in [3.8, 4) is 11.1 Å². The molecule has 0 aromatic heterocycles. The number of halogens is 1. The van der Waals surface area contributed by atoms with Crippen molar-refractivity contribution in [3.05, 3.63) is 58.9 Å². The zero-order valence-corrected chi connectivity index (χ0v) is 12.6. The third-order valence-electron chi connectivity index (χ3n) is 3.48. The van der Waals surface area contributed by atoms with Crippen LogP contribution in [-0.2, 0) is 6.54 Å². The summed E-state index contributed by atoms with van der Waals surface area (Å²) in [4.78, 5) is 0. The van der Waals surface area contributed by atoms with Gasteiger partial charge in [0.1, 0.15) is 5.82 Å². The Bertz CT molecular complexity index is 602. The molecule has 20 heavy (non-hydrogen) atoms. The van der Waals surface area contributed by atoms with Crippen LogP contribution < -0.4 is 5.32 Å². The molecule has 0 radical (unpaired) electrons. The summed E-state index contributed by atoms with van der Waals surface area (Å²) < 4.78 is 13.2. The Morgan fingerprint density at radius 1 is 0.950 bits per heavy atom. The van der Waals surface area contributed by atoms with E-state index in [9.17, 15) is 4.39 Å². The molecule has 2 aromatic rings. The Hall–Kier alpha value is -1.67. The van der Waals surface area contributed by atoms with Gasteiger partial charge >= 0.3 is 0 Å². The van der Waals surface area contributed by atoms with Crippen molar-refractivity contribution in [1.29, 1.82) is 0 Å².